The lowest BCUT2D eigenvalue weighted by atomic mass is 10.0. The van der Waals surface area contributed by atoms with Crippen molar-refractivity contribution in [2.75, 3.05) is 0 Å². The molecule has 1 aromatic carbocycles. The topological polar surface area (TPSA) is 47.6 Å². The van der Waals surface area contributed by atoms with Gasteiger partial charge < -0.3 is 0 Å². The molecule has 0 bridgehead atoms. The van der Waals surface area contributed by atoms with Crippen LogP contribution >= 0.6 is 0 Å². The zero-order valence-electron chi connectivity index (χ0n) is 6.86. The molecule has 0 fully saturated rings. The molecule has 0 N–H and O–H groups in total. The molecule has 0 saturated heterocycles. The van der Waals surface area contributed by atoms with Crippen LogP contribution in [0.1, 0.15) is 5.56 Å². The van der Waals surface area contributed by atoms with Crippen LogP contribution in [0, 0.1) is 28.1 Å². The van der Waals surface area contributed by atoms with Crippen molar-refractivity contribution in [2.24, 2.45) is 5.41 Å². The molecule has 0 aliphatic heterocycles. The minimum atomic E-state index is -0.943. The third-order valence-corrected chi connectivity index (χ3v) is 2.14. The Morgan fingerprint density at radius 3 is 2.08 bits per heavy atom. The summed E-state index contributed by atoms with van der Waals surface area (Å²) in [6.07, 6.45) is 1.70. The van der Waals surface area contributed by atoms with Crippen LogP contribution in [0.15, 0.2) is 36.4 Å². The Morgan fingerprint density at radius 1 is 1.00 bits per heavy atom. The van der Waals surface area contributed by atoms with E-state index in [9.17, 15) is 0 Å². The van der Waals surface area contributed by atoms with Gasteiger partial charge in [-0.05, 0) is 17.2 Å². The van der Waals surface area contributed by atoms with E-state index in [-0.39, 0.29) is 0 Å². The Balaban J connectivity index is 2.32. The Kier molecular flexibility index (Phi) is 1.44. The number of benzene rings is 1. The molecule has 0 heterocycles. The van der Waals surface area contributed by atoms with Crippen LogP contribution in [0.25, 0.3) is 5.57 Å². The van der Waals surface area contributed by atoms with Crippen molar-refractivity contribution in [1.82, 2.24) is 0 Å². The van der Waals surface area contributed by atoms with E-state index in [1.807, 2.05) is 42.5 Å². The maximum absolute atomic E-state index is 8.76. The lowest BCUT2D eigenvalue weighted by molar-refractivity contribution is 1.01. The van der Waals surface area contributed by atoms with Gasteiger partial charge in [-0.2, -0.15) is 10.5 Å². The van der Waals surface area contributed by atoms with E-state index >= 15 is 0 Å². The van der Waals surface area contributed by atoms with Crippen LogP contribution < -0.4 is 0 Å². The fourth-order valence-electron chi connectivity index (χ4n) is 1.32. The van der Waals surface area contributed by atoms with Crippen LogP contribution in [0.3, 0.4) is 0 Å². The van der Waals surface area contributed by atoms with Gasteiger partial charge in [0.1, 0.15) is 0 Å². The van der Waals surface area contributed by atoms with E-state index in [1.54, 1.807) is 6.08 Å². The highest BCUT2D eigenvalue weighted by molar-refractivity contribution is 5.91. The van der Waals surface area contributed by atoms with Gasteiger partial charge in [-0.25, -0.2) is 0 Å². The summed E-state index contributed by atoms with van der Waals surface area (Å²) in [5.41, 5.74) is 0.852. The monoisotopic (exact) mass is 166 g/mol. The average molecular weight is 166 g/mol. The zero-order chi connectivity index (χ0) is 9.31. The number of nitriles is 2. The van der Waals surface area contributed by atoms with Crippen LogP contribution in [0.4, 0.5) is 0 Å². The summed E-state index contributed by atoms with van der Waals surface area (Å²) in [4.78, 5) is 0. The number of hydrogen-bond acceptors (Lipinski definition) is 2. The van der Waals surface area contributed by atoms with Gasteiger partial charge in [-0.15, -0.1) is 0 Å². The zero-order valence-corrected chi connectivity index (χ0v) is 6.86. The molecule has 0 unspecified atom stereocenters. The summed E-state index contributed by atoms with van der Waals surface area (Å²) < 4.78 is 0. The predicted octanol–water partition coefficient (Wildman–Crippen LogP) is 2.12. The Morgan fingerprint density at radius 2 is 1.62 bits per heavy atom. The number of rotatable bonds is 1. The van der Waals surface area contributed by atoms with E-state index in [0.717, 1.165) is 11.1 Å². The molecule has 0 atom stereocenters. The molecule has 0 radical (unpaired) electrons. The van der Waals surface area contributed by atoms with Gasteiger partial charge in [0.05, 0.1) is 12.1 Å². The third kappa shape index (κ3) is 1.01. The SMILES string of the molecule is N#CC1(C#N)C=C1c1ccccc1. The number of hydrogen-bond donors (Lipinski definition) is 0. The average Bonchev–Trinajstić information content (AvgIpc) is 2.95. The minimum Gasteiger partial charge on any atom is -0.196 e. The molecule has 0 amide bonds. The lowest BCUT2D eigenvalue weighted by Crippen LogP contribution is -1.96. The largest absolute Gasteiger partial charge is 0.196 e. The van der Waals surface area contributed by atoms with Gasteiger partial charge in [0.15, 0.2) is 5.41 Å². The van der Waals surface area contributed by atoms with Crippen molar-refractivity contribution >= 4 is 5.57 Å². The van der Waals surface area contributed by atoms with Gasteiger partial charge in [0, 0.05) is 0 Å². The van der Waals surface area contributed by atoms with Crippen molar-refractivity contribution in [2.45, 2.75) is 0 Å². The van der Waals surface area contributed by atoms with Gasteiger partial charge >= 0.3 is 0 Å². The molecule has 0 spiro atoms. The van der Waals surface area contributed by atoms with Crippen molar-refractivity contribution < 1.29 is 0 Å². The highest BCUT2D eigenvalue weighted by Gasteiger charge is 2.45. The van der Waals surface area contributed by atoms with E-state index in [2.05, 4.69) is 0 Å². The standard InChI is InChI=1S/C11H6N2/c12-7-11(8-13)6-10(11)9-4-2-1-3-5-9/h1-6H. The second-order valence-corrected chi connectivity index (χ2v) is 2.96. The van der Waals surface area contributed by atoms with Gasteiger partial charge in [-0.1, -0.05) is 30.3 Å². The van der Waals surface area contributed by atoms with E-state index in [1.165, 1.54) is 0 Å². The Labute approximate surface area is 76.3 Å². The van der Waals surface area contributed by atoms with E-state index < -0.39 is 5.41 Å². The Bertz CT molecular complexity index is 429. The molecule has 2 heteroatoms. The van der Waals surface area contributed by atoms with Crippen LogP contribution in [-0.4, -0.2) is 0 Å². The summed E-state index contributed by atoms with van der Waals surface area (Å²) in [7, 11) is 0. The summed E-state index contributed by atoms with van der Waals surface area (Å²) in [6.45, 7) is 0. The maximum Gasteiger partial charge on any atom is 0.187 e. The normalized spacial score (nSPS) is 16.6. The third-order valence-electron chi connectivity index (χ3n) is 2.14. The Hall–Kier alpha value is -2.06. The summed E-state index contributed by atoms with van der Waals surface area (Å²) in [6, 6.07) is 13.5. The van der Waals surface area contributed by atoms with Crippen molar-refractivity contribution in [3.05, 3.63) is 42.0 Å². The van der Waals surface area contributed by atoms with Gasteiger partial charge in [0.25, 0.3) is 0 Å². The molecule has 13 heavy (non-hydrogen) atoms. The van der Waals surface area contributed by atoms with Crippen LogP contribution in [0.5, 0.6) is 0 Å². The second kappa shape index (κ2) is 2.47. The van der Waals surface area contributed by atoms with Crippen LogP contribution in [0.2, 0.25) is 0 Å². The molecule has 1 aliphatic rings. The first-order chi connectivity index (χ1) is 6.32. The first-order valence-corrected chi connectivity index (χ1v) is 3.94. The fourth-order valence-corrected chi connectivity index (χ4v) is 1.32. The molecule has 60 valence electrons. The quantitative estimate of drug-likeness (QED) is 0.641. The lowest BCUT2D eigenvalue weighted by Gasteiger charge is -1.97. The molecule has 2 nitrogen and oxygen atoms in total. The number of nitrogens with zero attached hydrogens (tertiary/aromatic N) is 2. The molecular formula is C11H6N2. The minimum absolute atomic E-state index is 0.832. The first-order valence-electron chi connectivity index (χ1n) is 3.94. The van der Waals surface area contributed by atoms with Crippen LogP contribution in [-0.2, 0) is 0 Å². The molecule has 0 saturated carbocycles. The highest BCUT2D eigenvalue weighted by atomic mass is 14.5. The summed E-state index contributed by atoms with van der Waals surface area (Å²) in [5.74, 6) is 0. The van der Waals surface area contributed by atoms with Crippen molar-refractivity contribution in [3.63, 3.8) is 0 Å². The summed E-state index contributed by atoms with van der Waals surface area (Å²) in [5, 5.41) is 17.5. The first kappa shape index (κ1) is 7.58. The highest BCUT2D eigenvalue weighted by Crippen LogP contribution is 2.49. The van der Waals surface area contributed by atoms with E-state index in [4.69, 9.17) is 10.5 Å². The van der Waals surface area contributed by atoms with Gasteiger partial charge in [0.2, 0.25) is 0 Å². The van der Waals surface area contributed by atoms with Crippen molar-refractivity contribution in [3.8, 4) is 12.1 Å². The molecular weight excluding hydrogens is 160 g/mol. The smallest absolute Gasteiger partial charge is 0.187 e. The number of allylic oxidation sites excluding steroid dienone is 2. The molecule has 1 aromatic rings. The maximum atomic E-state index is 8.76. The molecule has 0 aromatic heterocycles. The summed E-state index contributed by atoms with van der Waals surface area (Å²) >= 11 is 0. The predicted molar refractivity (Wildman–Crippen MR) is 48.1 cm³/mol. The fraction of sp³-hybridized carbons (Fsp3) is 0.0909. The second-order valence-electron chi connectivity index (χ2n) is 2.96. The molecule has 2 rings (SSSR count). The van der Waals surface area contributed by atoms with E-state index in [0.29, 0.717) is 0 Å². The molecule has 1 aliphatic carbocycles. The van der Waals surface area contributed by atoms with Crippen molar-refractivity contribution in [1.29, 1.82) is 10.5 Å². The van der Waals surface area contributed by atoms with Gasteiger partial charge in [-0.3, -0.25) is 0 Å².